The van der Waals surface area contributed by atoms with Crippen LogP contribution < -0.4 is 5.32 Å². The third-order valence-electron chi connectivity index (χ3n) is 3.71. The largest absolute Gasteiger partial charge is 0.416 e. The molecule has 0 unspecified atom stereocenters. The summed E-state index contributed by atoms with van der Waals surface area (Å²) in [5.74, 6) is -1.61. The van der Waals surface area contributed by atoms with Crippen LogP contribution in [-0.2, 0) is 6.18 Å². The second kappa shape index (κ2) is 6.01. The predicted molar refractivity (Wildman–Crippen MR) is 69.4 cm³/mol. The van der Waals surface area contributed by atoms with Crippen LogP contribution in [0.5, 0.6) is 0 Å². The molecule has 2 rings (SSSR count). The van der Waals surface area contributed by atoms with Gasteiger partial charge >= 0.3 is 6.18 Å². The highest BCUT2D eigenvalue weighted by Crippen LogP contribution is 2.30. The van der Waals surface area contributed by atoms with Gasteiger partial charge in [0.05, 0.1) is 11.1 Å². The van der Waals surface area contributed by atoms with E-state index in [2.05, 4.69) is 5.32 Å². The maximum atomic E-state index is 13.7. The number of alkyl halides is 3. The standard InChI is InChI=1S/C14H16F4N2O/c1-19-10-4-6-20(7-5-10)13(21)11-8-9(14(16,17)18)2-3-12(11)15/h2-3,8,10,19H,4-7H2,1H3. The van der Waals surface area contributed by atoms with Crippen LogP contribution in [0.4, 0.5) is 17.6 Å². The molecule has 3 nitrogen and oxygen atoms in total. The van der Waals surface area contributed by atoms with Crippen LogP contribution in [0.2, 0.25) is 0 Å². The number of carbonyl (C=O) groups excluding carboxylic acids is 1. The third kappa shape index (κ3) is 3.53. The van der Waals surface area contributed by atoms with E-state index in [1.165, 1.54) is 4.90 Å². The van der Waals surface area contributed by atoms with Crippen molar-refractivity contribution < 1.29 is 22.4 Å². The van der Waals surface area contributed by atoms with E-state index >= 15 is 0 Å². The van der Waals surface area contributed by atoms with Crippen molar-refractivity contribution in [3.8, 4) is 0 Å². The number of nitrogens with zero attached hydrogens (tertiary/aromatic N) is 1. The molecule has 0 aromatic heterocycles. The van der Waals surface area contributed by atoms with Crippen LogP contribution in [0.1, 0.15) is 28.8 Å². The zero-order valence-electron chi connectivity index (χ0n) is 11.5. The summed E-state index contributed by atoms with van der Waals surface area (Å²) in [5.41, 5.74) is -1.54. The van der Waals surface area contributed by atoms with Crippen LogP contribution in [-0.4, -0.2) is 37.0 Å². The number of rotatable bonds is 2. The average molecular weight is 304 g/mol. The first kappa shape index (κ1) is 15.8. The van der Waals surface area contributed by atoms with Crippen molar-refractivity contribution in [1.29, 1.82) is 0 Å². The van der Waals surface area contributed by atoms with Crippen molar-refractivity contribution in [1.82, 2.24) is 10.2 Å². The van der Waals surface area contributed by atoms with E-state index in [-0.39, 0.29) is 6.04 Å². The molecule has 1 aliphatic heterocycles. The fourth-order valence-electron chi connectivity index (χ4n) is 2.41. The van der Waals surface area contributed by atoms with E-state index in [1.807, 2.05) is 7.05 Å². The number of hydrogen-bond acceptors (Lipinski definition) is 2. The zero-order chi connectivity index (χ0) is 15.6. The van der Waals surface area contributed by atoms with Crippen LogP contribution >= 0.6 is 0 Å². The first-order valence-corrected chi connectivity index (χ1v) is 6.66. The predicted octanol–water partition coefficient (Wildman–Crippen LogP) is 2.67. The van der Waals surface area contributed by atoms with E-state index in [4.69, 9.17) is 0 Å². The summed E-state index contributed by atoms with van der Waals surface area (Å²) < 4.78 is 51.6. The van der Waals surface area contributed by atoms with Crippen molar-refractivity contribution in [3.63, 3.8) is 0 Å². The third-order valence-corrected chi connectivity index (χ3v) is 3.71. The van der Waals surface area contributed by atoms with E-state index in [1.54, 1.807) is 0 Å². The number of nitrogens with one attached hydrogen (secondary N) is 1. The van der Waals surface area contributed by atoms with Gasteiger partial charge in [0.2, 0.25) is 0 Å². The second-order valence-electron chi connectivity index (χ2n) is 5.05. The molecule has 1 saturated heterocycles. The quantitative estimate of drug-likeness (QED) is 0.852. The molecule has 0 saturated carbocycles. The lowest BCUT2D eigenvalue weighted by Crippen LogP contribution is -2.44. The molecule has 1 aromatic carbocycles. The van der Waals surface area contributed by atoms with E-state index < -0.39 is 29.0 Å². The number of amides is 1. The molecule has 0 spiro atoms. The van der Waals surface area contributed by atoms with Gasteiger partial charge in [-0.15, -0.1) is 0 Å². The van der Waals surface area contributed by atoms with Gasteiger partial charge in [0, 0.05) is 19.1 Å². The Kier molecular flexibility index (Phi) is 4.51. The van der Waals surface area contributed by atoms with Crippen molar-refractivity contribution in [3.05, 3.63) is 35.1 Å². The molecule has 116 valence electrons. The summed E-state index contributed by atoms with van der Waals surface area (Å²) in [6.45, 7) is 0.806. The zero-order valence-corrected chi connectivity index (χ0v) is 11.5. The van der Waals surface area contributed by atoms with Crippen LogP contribution in [0, 0.1) is 5.82 Å². The minimum atomic E-state index is -4.60. The monoisotopic (exact) mass is 304 g/mol. The van der Waals surface area contributed by atoms with Gasteiger partial charge in [-0.05, 0) is 38.1 Å². The summed E-state index contributed by atoms with van der Waals surface area (Å²) >= 11 is 0. The fraction of sp³-hybridized carbons (Fsp3) is 0.500. The minimum absolute atomic E-state index is 0.278. The summed E-state index contributed by atoms with van der Waals surface area (Å²) in [4.78, 5) is 13.6. The van der Waals surface area contributed by atoms with Gasteiger partial charge in [0.15, 0.2) is 0 Å². The molecule has 7 heteroatoms. The van der Waals surface area contributed by atoms with Gasteiger partial charge in [-0.1, -0.05) is 0 Å². The SMILES string of the molecule is CNC1CCN(C(=O)c2cc(C(F)(F)F)ccc2F)CC1. The highest BCUT2D eigenvalue weighted by atomic mass is 19.4. The Labute approximate surface area is 119 Å². The first-order valence-electron chi connectivity index (χ1n) is 6.66. The van der Waals surface area contributed by atoms with E-state index in [0.717, 1.165) is 0 Å². The fourth-order valence-corrected chi connectivity index (χ4v) is 2.41. The number of benzene rings is 1. The molecular formula is C14H16F4N2O. The van der Waals surface area contributed by atoms with Gasteiger partial charge in [-0.3, -0.25) is 4.79 Å². The summed E-state index contributed by atoms with van der Waals surface area (Å²) in [5, 5.41) is 3.08. The lowest BCUT2D eigenvalue weighted by molar-refractivity contribution is -0.137. The van der Waals surface area contributed by atoms with E-state index in [9.17, 15) is 22.4 Å². The van der Waals surface area contributed by atoms with Crippen molar-refractivity contribution in [2.24, 2.45) is 0 Å². The van der Waals surface area contributed by atoms with Crippen molar-refractivity contribution in [2.75, 3.05) is 20.1 Å². The number of likely N-dealkylation sites (tertiary alicyclic amines) is 1. The Morgan fingerprint density at radius 3 is 2.43 bits per heavy atom. The number of carbonyl (C=O) groups is 1. The Hall–Kier alpha value is -1.63. The normalized spacial score (nSPS) is 17.1. The molecule has 1 amide bonds. The Bertz CT molecular complexity index is 522. The smallest absolute Gasteiger partial charge is 0.338 e. The minimum Gasteiger partial charge on any atom is -0.338 e. The molecule has 21 heavy (non-hydrogen) atoms. The van der Waals surface area contributed by atoms with Gasteiger partial charge in [0.25, 0.3) is 5.91 Å². The van der Waals surface area contributed by atoms with Gasteiger partial charge in [0.1, 0.15) is 5.82 Å². The average Bonchev–Trinajstić information content (AvgIpc) is 2.46. The van der Waals surface area contributed by atoms with Crippen LogP contribution in [0.15, 0.2) is 18.2 Å². The second-order valence-corrected chi connectivity index (χ2v) is 5.05. The van der Waals surface area contributed by atoms with Crippen LogP contribution in [0.25, 0.3) is 0 Å². The molecule has 0 atom stereocenters. The van der Waals surface area contributed by atoms with Gasteiger partial charge in [-0.25, -0.2) is 4.39 Å². The van der Waals surface area contributed by atoms with Crippen LogP contribution in [0.3, 0.4) is 0 Å². The molecule has 1 heterocycles. The van der Waals surface area contributed by atoms with Crippen molar-refractivity contribution in [2.45, 2.75) is 25.1 Å². The highest BCUT2D eigenvalue weighted by molar-refractivity contribution is 5.94. The lowest BCUT2D eigenvalue weighted by atomic mass is 10.0. The maximum Gasteiger partial charge on any atom is 0.416 e. The Morgan fingerprint density at radius 2 is 1.90 bits per heavy atom. The molecule has 1 fully saturated rings. The Balaban J connectivity index is 2.19. The van der Waals surface area contributed by atoms with Crippen molar-refractivity contribution >= 4 is 5.91 Å². The van der Waals surface area contributed by atoms with Gasteiger partial charge in [-0.2, -0.15) is 13.2 Å². The van der Waals surface area contributed by atoms with Gasteiger partial charge < -0.3 is 10.2 Å². The van der Waals surface area contributed by atoms with E-state index in [0.29, 0.717) is 44.1 Å². The number of halogens is 4. The lowest BCUT2D eigenvalue weighted by Gasteiger charge is -2.32. The summed E-state index contributed by atoms with van der Waals surface area (Å²) in [6, 6.07) is 2.19. The highest BCUT2D eigenvalue weighted by Gasteiger charge is 2.33. The number of hydrogen-bond donors (Lipinski definition) is 1. The molecule has 1 aromatic rings. The molecule has 1 N–H and O–H groups in total. The molecule has 1 aliphatic rings. The summed E-state index contributed by atoms with van der Waals surface area (Å²) in [7, 11) is 1.81. The topological polar surface area (TPSA) is 32.3 Å². The molecular weight excluding hydrogens is 288 g/mol. The summed E-state index contributed by atoms with van der Waals surface area (Å²) in [6.07, 6.45) is -3.20. The maximum absolute atomic E-state index is 13.7. The molecule has 0 aliphatic carbocycles. The molecule has 0 bridgehead atoms. The number of piperidine rings is 1. The molecule has 0 radical (unpaired) electrons. The first-order chi connectivity index (χ1) is 9.82. The Morgan fingerprint density at radius 1 is 1.29 bits per heavy atom.